The van der Waals surface area contributed by atoms with Gasteiger partial charge in [-0.25, -0.2) is 0 Å². The summed E-state index contributed by atoms with van der Waals surface area (Å²) in [5.41, 5.74) is 2.66. The second-order valence-corrected chi connectivity index (χ2v) is 4.45. The van der Waals surface area contributed by atoms with Crippen molar-refractivity contribution in [3.63, 3.8) is 0 Å². The molecular weight excluding hydrogens is 174 g/mol. The van der Waals surface area contributed by atoms with Crippen molar-refractivity contribution in [1.82, 2.24) is 15.1 Å². The Balaban J connectivity index is 2.30. The van der Waals surface area contributed by atoms with E-state index in [1.807, 2.05) is 11.7 Å². The van der Waals surface area contributed by atoms with Crippen LogP contribution in [-0.4, -0.2) is 16.3 Å². The van der Waals surface area contributed by atoms with Crippen molar-refractivity contribution >= 4 is 0 Å². The molecule has 1 atom stereocenters. The van der Waals surface area contributed by atoms with Gasteiger partial charge in [-0.1, -0.05) is 13.8 Å². The van der Waals surface area contributed by atoms with Gasteiger partial charge in [-0.2, -0.15) is 5.10 Å². The predicted molar refractivity (Wildman–Crippen MR) is 57.3 cm³/mol. The van der Waals surface area contributed by atoms with Crippen LogP contribution in [0.15, 0.2) is 6.20 Å². The molecule has 1 aliphatic heterocycles. The molecule has 1 N–H and O–H groups in total. The SMILES string of the molecule is CC(C)c1cn(C)nc1C1CCCN1. The molecule has 14 heavy (non-hydrogen) atoms. The number of rotatable bonds is 2. The second-order valence-electron chi connectivity index (χ2n) is 4.45. The van der Waals surface area contributed by atoms with Crippen LogP contribution in [0, 0.1) is 0 Å². The van der Waals surface area contributed by atoms with Gasteiger partial charge in [-0.3, -0.25) is 4.68 Å². The Hall–Kier alpha value is -0.830. The number of nitrogens with zero attached hydrogens (tertiary/aromatic N) is 2. The van der Waals surface area contributed by atoms with Gasteiger partial charge < -0.3 is 5.32 Å². The summed E-state index contributed by atoms with van der Waals surface area (Å²) in [5, 5.41) is 8.07. The Morgan fingerprint density at radius 2 is 2.36 bits per heavy atom. The lowest BCUT2D eigenvalue weighted by Crippen LogP contribution is -2.15. The molecule has 1 saturated heterocycles. The van der Waals surface area contributed by atoms with Crippen LogP contribution >= 0.6 is 0 Å². The summed E-state index contributed by atoms with van der Waals surface area (Å²) in [4.78, 5) is 0. The van der Waals surface area contributed by atoms with E-state index in [4.69, 9.17) is 0 Å². The molecule has 2 heterocycles. The summed E-state index contributed by atoms with van der Waals surface area (Å²) >= 11 is 0. The van der Waals surface area contributed by atoms with Gasteiger partial charge in [0.05, 0.1) is 11.7 Å². The quantitative estimate of drug-likeness (QED) is 0.778. The lowest BCUT2D eigenvalue weighted by Gasteiger charge is -2.11. The van der Waals surface area contributed by atoms with Crippen LogP contribution in [0.25, 0.3) is 0 Å². The van der Waals surface area contributed by atoms with E-state index in [1.54, 1.807) is 0 Å². The minimum atomic E-state index is 0.494. The first-order valence-corrected chi connectivity index (χ1v) is 5.45. The Morgan fingerprint density at radius 3 is 2.93 bits per heavy atom. The highest BCUT2D eigenvalue weighted by molar-refractivity contribution is 5.24. The summed E-state index contributed by atoms with van der Waals surface area (Å²) < 4.78 is 1.94. The van der Waals surface area contributed by atoms with Gasteiger partial charge in [0, 0.05) is 13.2 Å². The van der Waals surface area contributed by atoms with Crippen LogP contribution < -0.4 is 5.32 Å². The number of aromatic nitrogens is 2. The highest BCUT2D eigenvalue weighted by Gasteiger charge is 2.23. The first-order valence-electron chi connectivity index (χ1n) is 5.45. The van der Waals surface area contributed by atoms with E-state index in [-0.39, 0.29) is 0 Å². The van der Waals surface area contributed by atoms with E-state index in [9.17, 15) is 0 Å². The van der Waals surface area contributed by atoms with Crippen LogP contribution in [-0.2, 0) is 7.05 Å². The van der Waals surface area contributed by atoms with Gasteiger partial charge in [0.15, 0.2) is 0 Å². The molecule has 0 bridgehead atoms. The van der Waals surface area contributed by atoms with Crippen molar-refractivity contribution in [2.75, 3.05) is 6.54 Å². The van der Waals surface area contributed by atoms with Crippen molar-refractivity contribution in [1.29, 1.82) is 0 Å². The van der Waals surface area contributed by atoms with Crippen molar-refractivity contribution in [2.45, 2.75) is 38.6 Å². The molecule has 0 aliphatic carbocycles. The van der Waals surface area contributed by atoms with E-state index in [1.165, 1.54) is 24.1 Å². The summed E-state index contributed by atoms with van der Waals surface area (Å²) in [5.74, 6) is 0.570. The van der Waals surface area contributed by atoms with Gasteiger partial charge in [0.1, 0.15) is 0 Å². The fourth-order valence-electron chi connectivity index (χ4n) is 2.16. The zero-order valence-corrected chi connectivity index (χ0v) is 9.25. The fourth-order valence-corrected chi connectivity index (χ4v) is 2.16. The lowest BCUT2D eigenvalue weighted by molar-refractivity contribution is 0.599. The van der Waals surface area contributed by atoms with E-state index in [2.05, 4.69) is 30.5 Å². The standard InChI is InChI=1S/C11H19N3/c1-8(2)9-7-14(3)13-11(9)10-5-4-6-12-10/h7-8,10,12H,4-6H2,1-3H3. The highest BCUT2D eigenvalue weighted by Crippen LogP contribution is 2.28. The van der Waals surface area contributed by atoms with Crippen molar-refractivity contribution < 1.29 is 0 Å². The Morgan fingerprint density at radius 1 is 1.57 bits per heavy atom. The van der Waals surface area contributed by atoms with Crippen LogP contribution in [0.1, 0.15) is 49.9 Å². The molecule has 0 amide bonds. The molecular formula is C11H19N3. The topological polar surface area (TPSA) is 29.9 Å². The van der Waals surface area contributed by atoms with Crippen molar-refractivity contribution in [3.05, 3.63) is 17.5 Å². The largest absolute Gasteiger partial charge is 0.309 e. The summed E-state index contributed by atoms with van der Waals surface area (Å²) in [6, 6.07) is 0.494. The minimum Gasteiger partial charge on any atom is -0.309 e. The molecule has 1 aliphatic rings. The molecule has 2 rings (SSSR count). The molecule has 1 aromatic rings. The zero-order valence-electron chi connectivity index (χ0n) is 9.25. The molecule has 3 nitrogen and oxygen atoms in total. The third-order valence-electron chi connectivity index (χ3n) is 2.90. The minimum absolute atomic E-state index is 0.494. The smallest absolute Gasteiger partial charge is 0.0828 e. The monoisotopic (exact) mass is 193 g/mol. The Bertz CT molecular complexity index is 308. The molecule has 0 saturated carbocycles. The summed E-state index contributed by atoms with van der Waals surface area (Å²) in [6.45, 7) is 5.60. The Kier molecular flexibility index (Phi) is 2.59. The van der Waals surface area contributed by atoms with Gasteiger partial charge in [-0.05, 0) is 30.9 Å². The first-order chi connectivity index (χ1) is 6.68. The first kappa shape index (κ1) is 9.71. The predicted octanol–water partition coefficient (Wildman–Crippen LogP) is 1.97. The number of hydrogen-bond acceptors (Lipinski definition) is 2. The third-order valence-corrected chi connectivity index (χ3v) is 2.90. The van der Waals surface area contributed by atoms with E-state index < -0.39 is 0 Å². The average Bonchev–Trinajstić information content (AvgIpc) is 2.70. The van der Waals surface area contributed by atoms with E-state index in [0.717, 1.165) is 6.54 Å². The summed E-state index contributed by atoms with van der Waals surface area (Å²) in [7, 11) is 2.00. The lowest BCUT2D eigenvalue weighted by atomic mass is 9.99. The fraction of sp³-hybridized carbons (Fsp3) is 0.727. The maximum atomic E-state index is 4.57. The molecule has 1 aromatic heterocycles. The van der Waals surface area contributed by atoms with Gasteiger partial charge in [-0.15, -0.1) is 0 Å². The number of hydrogen-bond donors (Lipinski definition) is 1. The Labute approximate surface area is 85.5 Å². The molecule has 0 spiro atoms. The second kappa shape index (κ2) is 3.73. The maximum Gasteiger partial charge on any atom is 0.0828 e. The van der Waals surface area contributed by atoms with Gasteiger partial charge >= 0.3 is 0 Å². The van der Waals surface area contributed by atoms with Crippen molar-refractivity contribution in [3.8, 4) is 0 Å². The van der Waals surface area contributed by atoms with Crippen LogP contribution in [0.3, 0.4) is 0 Å². The number of aryl methyl sites for hydroxylation is 1. The average molecular weight is 193 g/mol. The molecule has 78 valence electrons. The van der Waals surface area contributed by atoms with E-state index in [0.29, 0.717) is 12.0 Å². The van der Waals surface area contributed by atoms with E-state index >= 15 is 0 Å². The van der Waals surface area contributed by atoms with Crippen LogP contribution in [0.2, 0.25) is 0 Å². The van der Waals surface area contributed by atoms with Crippen molar-refractivity contribution in [2.24, 2.45) is 7.05 Å². The number of nitrogens with one attached hydrogen (secondary N) is 1. The van der Waals surface area contributed by atoms with Gasteiger partial charge in [0.2, 0.25) is 0 Å². The maximum absolute atomic E-state index is 4.57. The normalized spacial score (nSPS) is 22.1. The zero-order chi connectivity index (χ0) is 10.1. The molecule has 1 unspecified atom stereocenters. The molecule has 0 aromatic carbocycles. The third kappa shape index (κ3) is 1.69. The molecule has 1 fully saturated rings. The highest BCUT2D eigenvalue weighted by atomic mass is 15.3. The van der Waals surface area contributed by atoms with Gasteiger partial charge in [0.25, 0.3) is 0 Å². The summed E-state index contributed by atoms with van der Waals surface area (Å²) in [6.07, 6.45) is 4.66. The molecule has 0 radical (unpaired) electrons. The van der Waals surface area contributed by atoms with Crippen LogP contribution in [0.5, 0.6) is 0 Å². The van der Waals surface area contributed by atoms with Crippen LogP contribution in [0.4, 0.5) is 0 Å². The molecule has 3 heteroatoms.